The normalized spacial score (nSPS) is 19.6. The van der Waals surface area contributed by atoms with Gasteiger partial charge < -0.3 is 42.8 Å². The second-order valence-electron chi connectivity index (χ2n) is 10.4. The lowest BCUT2D eigenvalue weighted by molar-refractivity contribution is -0.238. The summed E-state index contributed by atoms with van der Waals surface area (Å²) < 4.78 is 46.4. The maximum Gasteiger partial charge on any atom is 0.316 e. The Bertz CT molecular complexity index is 1340. The quantitative estimate of drug-likeness (QED) is 0.245. The maximum atomic E-state index is 14.0. The first-order valence-corrected chi connectivity index (χ1v) is 13.9. The summed E-state index contributed by atoms with van der Waals surface area (Å²) in [5, 5.41) is 0. The van der Waals surface area contributed by atoms with Gasteiger partial charge in [0.2, 0.25) is 11.5 Å². The average Bonchev–Trinajstić information content (AvgIpc) is 3.30. The second-order valence-corrected chi connectivity index (χ2v) is 10.4. The fourth-order valence-corrected chi connectivity index (χ4v) is 5.51. The first-order chi connectivity index (χ1) is 20.7. The molecule has 43 heavy (non-hydrogen) atoms. The Labute approximate surface area is 253 Å². The summed E-state index contributed by atoms with van der Waals surface area (Å²) >= 11 is 0. The Morgan fingerprint density at radius 3 is 1.81 bits per heavy atom. The summed E-state index contributed by atoms with van der Waals surface area (Å²) in [6, 6.07) is 16.6. The number of ether oxygens (including phenoxy) is 8. The van der Waals surface area contributed by atoms with Gasteiger partial charge in [0.05, 0.1) is 61.1 Å². The van der Waals surface area contributed by atoms with E-state index in [-0.39, 0.29) is 0 Å². The first-order valence-electron chi connectivity index (χ1n) is 13.9. The molecule has 0 aliphatic carbocycles. The number of methoxy groups -OCH3 is 6. The summed E-state index contributed by atoms with van der Waals surface area (Å²) in [7, 11) is 13.4. The molecule has 3 atom stereocenters. The summed E-state index contributed by atoms with van der Waals surface area (Å²) in [5.74, 6) is 0.162. The van der Waals surface area contributed by atoms with E-state index >= 15 is 0 Å². The van der Waals surface area contributed by atoms with Crippen LogP contribution in [0.4, 0.5) is 0 Å². The van der Waals surface area contributed by atoms with Crippen molar-refractivity contribution in [2.75, 3.05) is 69.9 Å². The Balaban J connectivity index is 1.94. The van der Waals surface area contributed by atoms with E-state index in [1.54, 1.807) is 48.7 Å². The minimum Gasteiger partial charge on any atom is -0.497 e. The lowest BCUT2D eigenvalue weighted by Crippen LogP contribution is -2.40. The molecule has 0 N–H and O–H groups in total. The summed E-state index contributed by atoms with van der Waals surface area (Å²) in [6.07, 6.45) is 0.362. The molecule has 3 aromatic rings. The minimum atomic E-state index is -1.43. The average molecular weight is 596 g/mol. The van der Waals surface area contributed by atoms with Crippen LogP contribution in [0.3, 0.4) is 0 Å². The number of esters is 1. The van der Waals surface area contributed by atoms with Crippen LogP contribution in [0, 0.1) is 5.92 Å². The molecule has 1 fully saturated rings. The molecule has 10 heteroatoms. The Morgan fingerprint density at radius 2 is 1.33 bits per heavy atom. The van der Waals surface area contributed by atoms with Gasteiger partial charge in [0.15, 0.2) is 11.5 Å². The van der Waals surface area contributed by atoms with Gasteiger partial charge in [0.25, 0.3) is 0 Å². The van der Waals surface area contributed by atoms with Crippen LogP contribution in [0.1, 0.15) is 22.6 Å². The predicted molar refractivity (Wildman–Crippen MR) is 161 cm³/mol. The van der Waals surface area contributed by atoms with Crippen LogP contribution in [0.25, 0.3) is 0 Å². The van der Waals surface area contributed by atoms with Crippen molar-refractivity contribution in [1.82, 2.24) is 4.90 Å². The van der Waals surface area contributed by atoms with Crippen LogP contribution in [-0.2, 0) is 26.5 Å². The van der Waals surface area contributed by atoms with Gasteiger partial charge in [-0.2, -0.15) is 0 Å². The number of carbonyl (C=O) groups is 1. The molecule has 0 saturated carbocycles. The number of hydrogen-bond donors (Lipinski definition) is 0. The number of hydrogen-bond acceptors (Lipinski definition) is 10. The topological polar surface area (TPSA) is 94.2 Å². The fourth-order valence-electron chi connectivity index (χ4n) is 5.51. The number of carbonyl (C=O) groups excluding carboxylic acids is 1. The van der Waals surface area contributed by atoms with E-state index in [0.717, 1.165) is 5.56 Å². The fraction of sp³-hybridized carbons (Fsp3) is 0.424. The van der Waals surface area contributed by atoms with Crippen molar-refractivity contribution in [2.24, 2.45) is 5.92 Å². The zero-order chi connectivity index (χ0) is 31.1. The highest BCUT2D eigenvalue weighted by Gasteiger charge is 2.58. The van der Waals surface area contributed by atoms with Crippen molar-refractivity contribution in [3.8, 4) is 34.5 Å². The molecule has 10 nitrogen and oxygen atoms in total. The monoisotopic (exact) mass is 595 g/mol. The van der Waals surface area contributed by atoms with E-state index in [0.29, 0.717) is 65.2 Å². The lowest BCUT2D eigenvalue weighted by Gasteiger charge is -2.35. The molecule has 3 aromatic carbocycles. The maximum absolute atomic E-state index is 14.0. The molecule has 0 radical (unpaired) electrons. The van der Waals surface area contributed by atoms with Crippen LogP contribution in [-0.4, -0.2) is 80.8 Å². The summed E-state index contributed by atoms with van der Waals surface area (Å²) in [4.78, 5) is 16.1. The van der Waals surface area contributed by atoms with Gasteiger partial charge in [-0.05, 0) is 80.2 Å². The van der Waals surface area contributed by atoms with Gasteiger partial charge in [-0.15, -0.1) is 0 Å². The number of likely N-dealkylation sites (N-methyl/N-ethyl adjacent to an activating group) is 1. The number of nitrogens with zero attached hydrogens (tertiary/aromatic N) is 1. The molecule has 0 aromatic heterocycles. The largest absolute Gasteiger partial charge is 0.497 e. The molecule has 0 amide bonds. The van der Waals surface area contributed by atoms with Crippen molar-refractivity contribution >= 4 is 5.97 Å². The Hall–Kier alpha value is -4.15. The van der Waals surface area contributed by atoms with Gasteiger partial charge >= 0.3 is 5.97 Å². The molecule has 1 aliphatic heterocycles. The second kappa shape index (κ2) is 13.9. The molecule has 0 bridgehead atoms. The Morgan fingerprint density at radius 1 is 0.744 bits per heavy atom. The van der Waals surface area contributed by atoms with E-state index in [4.69, 9.17) is 37.9 Å². The van der Waals surface area contributed by atoms with Crippen molar-refractivity contribution in [3.63, 3.8) is 0 Å². The van der Waals surface area contributed by atoms with E-state index < -0.39 is 23.6 Å². The van der Waals surface area contributed by atoms with Gasteiger partial charge in [0, 0.05) is 18.2 Å². The minimum absolute atomic E-state index is 0.312. The predicted octanol–water partition coefficient (Wildman–Crippen LogP) is 4.67. The lowest BCUT2D eigenvalue weighted by atomic mass is 9.76. The molecule has 3 unspecified atom stereocenters. The first kappa shape index (κ1) is 31.8. The van der Waals surface area contributed by atoms with Crippen molar-refractivity contribution < 1.29 is 42.7 Å². The molecule has 1 heterocycles. The van der Waals surface area contributed by atoms with Crippen molar-refractivity contribution in [1.29, 1.82) is 0 Å². The van der Waals surface area contributed by atoms with Crippen LogP contribution in [0.5, 0.6) is 34.5 Å². The highest BCUT2D eigenvalue weighted by Crippen LogP contribution is 2.53. The number of rotatable bonds is 14. The summed E-state index contributed by atoms with van der Waals surface area (Å²) in [6.45, 7) is 0.927. The van der Waals surface area contributed by atoms with Gasteiger partial charge in [-0.3, -0.25) is 4.79 Å². The number of cyclic esters (lactones) is 1. The van der Waals surface area contributed by atoms with Gasteiger partial charge in [-0.25, -0.2) is 0 Å². The standard InChI is InChI=1S/C33H41NO9/c1-34(2)13-14-42-33(23-9-11-24(36-3)12-10-23)27(15-21-16-28(39-6)31(41-8)29(17-21)40-7)30(32(35)43-33)22-18-25(37-4)20-26(19-22)38-5/h9-12,16-20,27,30H,13-15H2,1-8H3. The van der Waals surface area contributed by atoms with E-state index in [2.05, 4.69) is 0 Å². The zero-order valence-electron chi connectivity index (χ0n) is 26.1. The van der Waals surface area contributed by atoms with Crippen LogP contribution >= 0.6 is 0 Å². The van der Waals surface area contributed by atoms with E-state index in [9.17, 15) is 4.79 Å². The molecule has 1 aliphatic rings. The zero-order valence-corrected chi connectivity index (χ0v) is 26.1. The van der Waals surface area contributed by atoms with E-state index in [1.165, 1.54) is 0 Å². The molecule has 232 valence electrons. The molecule has 4 rings (SSSR count). The van der Waals surface area contributed by atoms with Gasteiger partial charge in [0.1, 0.15) is 17.2 Å². The molecule has 0 spiro atoms. The molecular weight excluding hydrogens is 554 g/mol. The van der Waals surface area contributed by atoms with Crippen molar-refractivity contribution in [2.45, 2.75) is 18.1 Å². The Kier molecular flexibility index (Phi) is 10.3. The molecular formula is C33H41NO9. The number of benzene rings is 3. The summed E-state index contributed by atoms with van der Waals surface area (Å²) in [5.41, 5.74) is 2.22. The third kappa shape index (κ3) is 6.60. The van der Waals surface area contributed by atoms with E-state index in [1.807, 2.05) is 67.5 Å². The smallest absolute Gasteiger partial charge is 0.316 e. The highest BCUT2D eigenvalue weighted by molar-refractivity contribution is 5.82. The van der Waals surface area contributed by atoms with Gasteiger partial charge in [-0.1, -0.05) is 0 Å². The third-order valence-corrected chi connectivity index (χ3v) is 7.66. The van der Waals surface area contributed by atoms with Crippen LogP contribution < -0.4 is 28.4 Å². The van der Waals surface area contributed by atoms with Crippen molar-refractivity contribution in [3.05, 3.63) is 71.3 Å². The van der Waals surface area contributed by atoms with Crippen LogP contribution in [0.15, 0.2) is 54.6 Å². The molecule has 1 saturated heterocycles. The third-order valence-electron chi connectivity index (χ3n) is 7.66. The SMILES string of the molecule is COc1ccc(C2(OCCN(C)C)OC(=O)C(c3cc(OC)cc(OC)c3)C2Cc2cc(OC)c(OC)c(OC)c2)cc1. The highest BCUT2D eigenvalue weighted by atomic mass is 16.7. The van der Waals surface area contributed by atoms with Crippen LogP contribution in [0.2, 0.25) is 0 Å².